The minimum atomic E-state index is -0.562. The number of carbonyl (C=O) groups excluding carboxylic acids is 2. The van der Waals surface area contributed by atoms with Gasteiger partial charge >= 0.3 is 0 Å². The van der Waals surface area contributed by atoms with E-state index in [2.05, 4.69) is 0 Å². The average molecular weight is 308 g/mol. The SMILES string of the molecule is CCCCN(CC(N)=O)C(=O)/C=C/c1ccc(OC)c(F)c1. The van der Waals surface area contributed by atoms with Crippen LogP contribution in [0.25, 0.3) is 6.08 Å². The van der Waals surface area contributed by atoms with Crippen molar-refractivity contribution < 1.29 is 18.7 Å². The number of hydrogen-bond acceptors (Lipinski definition) is 3. The van der Waals surface area contributed by atoms with Gasteiger partial charge in [-0.1, -0.05) is 19.4 Å². The van der Waals surface area contributed by atoms with Crippen LogP contribution in [0.3, 0.4) is 0 Å². The van der Waals surface area contributed by atoms with E-state index in [0.717, 1.165) is 12.8 Å². The summed E-state index contributed by atoms with van der Waals surface area (Å²) in [5.74, 6) is -1.25. The average Bonchev–Trinajstić information content (AvgIpc) is 2.48. The molecule has 0 saturated heterocycles. The van der Waals surface area contributed by atoms with Crippen molar-refractivity contribution >= 4 is 17.9 Å². The number of halogens is 1. The normalized spacial score (nSPS) is 10.7. The molecule has 0 heterocycles. The van der Waals surface area contributed by atoms with E-state index in [1.54, 1.807) is 6.07 Å². The fraction of sp³-hybridized carbons (Fsp3) is 0.375. The Kier molecular flexibility index (Phi) is 7.08. The zero-order chi connectivity index (χ0) is 16.5. The Bertz CT molecular complexity index is 558. The first-order valence-electron chi connectivity index (χ1n) is 7.06. The molecule has 0 atom stereocenters. The fourth-order valence-corrected chi connectivity index (χ4v) is 1.86. The van der Waals surface area contributed by atoms with Gasteiger partial charge < -0.3 is 15.4 Å². The highest BCUT2D eigenvalue weighted by molar-refractivity contribution is 5.94. The highest BCUT2D eigenvalue weighted by atomic mass is 19.1. The predicted molar refractivity (Wildman–Crippen MR) is 82.7 cm³/mol. The van der Waals surface area contributed by atoms with Gasteiger partial charge in [-0.2, -0.15) is 0 Å². The molecular weight excluding hydrogens is 287 g/mol. The Morgan fingerprint density at radius 1 is 1.41 bits per heavy atom. The number of benzene rings is 1. The maximum atomic E-state index is 13.6. The number of methoxy groups -OCH3 is 1. The first-order chi connectivity index (χ1) is 10.5. The van der Waals surface area contributed by atoms with Gasteiger partial charge in [-0.15, -0.1) is 0 Å². The van der Waals surface area contributed by atoms with E-state index in [9.17, 15) is 14.0 Å². The predicted octanol–water partition coefficient (Wildman–Crippen LogP) is 1.96. The third kappa shape index (κ3) is 5.55. The van der Waals surface area contributed by atoms with E-state index >= 15 is 0 Å². The number of carbonyl (C=O) groups is 2. The van der Waals surface area contributed by atoms with Gasteiger partial charge in [-0.25, -0.2) is 4.39 Å². The van der Waals surface area contributed by atoms with Crippen LogP contribution in [0.15, 0.2) is 24.3 Å². The Hall–Kier alpha value is -2.37. The summed E-state index contributed by atoms with van der Waals surface area (Å²) in [6.07, 6.45) is 4.48. The number of amides is 2. The van der Waals surface area contributed by atoms with Gasteiger partial charge in [0.15, 0.2) is 11.6 Å². The molecule has 5 nitrogen and oxygen atoms in total. The molecular formula is C16H21FN2O3. The summed E-state index contributed by atoms with van der Waals surface area (Å²) in [6, 6.07) is 4.39. The molecule has 0 radical (unpaired) electrons. The van der Waals surface area contributed by atoms with Crippen molar-refractivity contribution in [1.29, 1.82) is 0 Å². The van der Waals surface area contributed by atoms with Crippen LogP contribution in [-0.2, 0) is 9.59 Å². The molecule has 0 spiro atoms. The maximum Gasteiger partial charge on any atom is 0.247 e. The first kappa shape index (κ1) is 17.7. The number of rotatable bonds is 8. The van der Waals surface area contributed by atoms with Gasteiger partial charge in [0.05, 0.1) is 13.7 Å². The summed E-state index contributed by atoms with van der Waals surface area (Å²) in [5, 5.41) is 0. The highest BCUT2D eigenvalue weighted by Crippen LogP contribution is 2.18. The lowest BCUT2D eigenvalue weighted by molar-refractivity contribution is -0.131. The zero-order valence-electron chi connectivity index (χ0n) is 12.8. The molecule has 0 aliphatic carbocycles. The van der Waals surface area contributed by atoms with Gasteiger partial charge in [0, 0.05) is 12.6 Å². The Balaban J connectivity index is 2.78. The third-order valence-corrected chi connectivity index (χ3v) is 3.03. The quantitative estimate of drug-likeness (QED) is 0.746. The minimum Gasteiger partial charge on any atom is -0.494 e. The molecule has 0 aliphatic rings. The van der Waals surface area contributed by atoms with Crippen LogP contribution in [0, 0.1) is 5.82 Å². The third-order valence-electron chi connectivity index (χ3n) is 3.03. The summed E-state index contributed by atoms with van der Waals surface area (Å²) in [6.45, 7) is 2.32. The van der Waals surface area contributed by atoms with Crippen LogP contribution < -0.4 is 10.5 Å². The number of ether oxygens (including phenoxy) is 1. The van der Waals surface area contributed by atoms with E-state index in [0.29, 0.717) is 12.1 Å². The number of hydrogen-bond donors (Lipinski definition) is 1. The van der Waals surface area contributed by atoms with Gasteiger partial charge in [0.1, 0.15) is 0 Å². The molecule has 1 aromatic rings. The summed E-state index contributed by atoms with van der Waals surface area (Å²) < 4.78 is 18.4. The zero-order valence-corrected chi connectivity index (χ0v) is 12.8. The van der Waals surface area contributed by atoms with Crippen molar-refractivity contribution in [2.24, 2.45) is 5.73 Å². The van der Waals surface area contributed by atoms with Crippen LogP contribution in [-0.4, -0.2) is 36.9 Å². The standard InChI is InChI=1S/C16H21FN2O3/c1-3-4-9-19(11-15(18)20)16(21)8-6-12-5-7-14(22-2)13(17)10-12/h5-8,10H,3-4,9,11H2,1-2H3,(H2,18,20)/b8-6+. The molecule has 2 N–H and O–H groups in total. The Morgan fingerprint density at radius 2 is 2.14 bits per heavy atom. The van der Waals surface area contributed by atoms with Crippen molar-refractivity contribution in [1.82, 2.24) is 4.90 Å². The largest absolute Gasteiger partial charge is 0.494 e. The Labute approximate surface area is 129 Å². The van der Waals surface area contributed by atoms with E-state index in [1.165, 1.54) is 36.3 Å². The molecule has 0 bridgehead atoms. The second kappa shape index (κ2) is 8.81. The molecule has 0 fully saturated rings. The molecule has 22 heavy (non-hydrogen) atoms. The van der Waals surface area contributed by atoms with Crippen molar-refractivity contribution in [3.8, 4) is 5.75 Å². The van der Waals surface area contributed by atoms with Crippen molar-refractivity contribution in [2.45, 2.75) is 19.8 Å². The monoisotopic (exact) mass is 308 g/mol. The summed E-state index contributed by atoms with van der Waals surface area (Å²) in [5.41, 5.74) is 5.67. The lowest BCUT2D eigenvalue weighted by Crippen LogP contribution is -2.38. The Morgan fingerprint density at radius 3 is 2.68 bits per heavy atom. The van der Waals surface area contributed by atoms with Gasteiger partial charge in [-0.05, 0) is 30.2 Å². The van der Waals surface area contributed by atoms with Crippen molar-refractivity contribution in [2.75, 3.05) is 20.2 Å². The van der Waals surface area contributed by atoms with Crippen LogP contribution in [0.4, 0.5) is 4.39 Å². The lowest BCUT2D eigenvalue weighted by atomic mass is 10.2. The number of nitrogens with zero attached hydrogens (tertiary/aromatic N) is 1. The number of primary amides is 1. The maximum absolute atomic E-state index is 13.6. The van der Waals surface area contributed by atoms with Crippen molar-refractivity contribution in [3.63, 3.8) is 0 Å². The topological polar surface area (TPSA) is 72.6 Å². The summed E-state index contributed by atoms with van der Waals surface area (Å²) in [7, 11) is 1.38. The van der Waals surface area contributed by atoms with Crippen LogP contribution in [0.1, 0.15) is 25.3 Å². The molecule has 0 unspecified atom stereocenters. The molecule has 6 heteroatoms. The van der Waals surface area contributed by atoms with Gasteiger partial charge in [0.25, 0.3) is 0 Å². The molecule has 1 aromatic carbocycles. The van der Waals surface area contributed by atoms with E-state index in [1.807, 2.05) is 6.92 Å². The van der Waals surface area contributed by atoms with E-state index in [-0.39, 0.29) is 18.2 Å². The fourth-order valence-electron chi connectivity index (χ4n) is 1.86. The number of nitrogens with two attached hydrogens (primary N) is 1. The molecule has 0 saturated carbocycles. The molecule has 0 aromatic heterocycles. The molecule has 0 aliphatic heterocycles. The van der Waals surface area contributed by atoms with Gasteiger partial charge in [-0.3, -0.25) is 9.59 Å². The number of unbranched alkanes of at least 4 members (excludes halogenated alkanes) is 1. The molecule has 1 rings (SSSR count). The minimum absolute atomic E-state index is 0.125. The summed E-state index contributed by atoms with van der Waals surface area (Å²) in [4.78, 5) is 24.5. The van der Waals surface area contributed by atoms with Crippen molar-refractivity contribution in [3.05, 3.63) is 35.7 Å². The second-order valence-electron chi connectivity index (χ2n) is 4.81. The first-order valence-corrected chi connectivity index (χ1v) is 7.06. The highest BCUT2D eigenvalue weighted by Gasteiger charge is 2.12. The van der Waals surface area contributed by atoms with Crippen LogP contribution in [0.5, 0.6) is 5.75 Å². The molecule has 2 amide bonds. The van der Waals surface area contributed by atoms with Gasteiger partial charge in [0.2, 0.25) is 11.8 Å². The van der Waals surface area contributed by atoms with Crippen LogP contribution >= 0.6 is 0 Å². The molecule has 120 valence electrons. The second-order valence-corrected chi connectivity index (χ2v) is 4.81. The van der Waals surface area contributed by atoms with Crippen LogP contribution in [0.2, 0.25) is 0 Å². The van der Waals surface area contributed by atoms with E-state index in [4.69, 9.17) is 10.5 Å². The van der Waals surface area contributed by atoms with E-state index < -0.39 is 11.7 Å². The lowest BCUT2D eigenvalue weighted by Gasteiger charge is -2.19. The smallest absolute Gasteiger partial charge is 0.247 e. The summed E-state index contributed by atoms with van der Waals surface area (Å²) >= 11 is 0.